The summed E-state index contributed by atoms with van der Waals surface area (Å²) >= 11 is 3.40. The van der Waals surface area contributed by atoms with E-state index in [2.05, 4.69) is 21.4 Å². The second kappa shape index (κ2) is 5.95. The van der Waals surface area contributed by atoms with E-state index < -0.39 is 0 Å². The Hall–Kier alpha value is -0.780. The lowest BCUT2D eigenvalue weighted by molar-refractivity contribution is 0.0860. The van der Waals surface area contributed by atoms with Crippen LogP contribution in [0.1, 0.15) is 5.56 Å². The van der Waals surface area contributed by atoms with Gasteiger partial charge in [-0.1, -0.05) is 15.9 Å². The molecule has 0 saturated heterocycles. The largest absolute Gasteiger partial charge is 0.493 e. The normalized spacial score (nSPS) is 10.1. The molecule has 0 bridgehead atoms. The van der Waals surface area contributed by atoms with Gasteiger partial charge in [-0.15, -0.1) is 0 Å². The van der Waals surface area contributed by atoms with Crippen LogP contribution in [0.2, 0.25) is 0 Å². The number of hydroxylamine groups is 1. The molecule has 0 aliphatic heterocycles. The molecule has 0 fully saturated rings. The first-order valence-corrected chi connectivity index (χ1v) is 5.18. The van der Waals surface area contributed by atoms with Crippen LogP contribution in [0, 0.1) is 0 Å². The SMILES string of the molecule is CONCc1cc(Br)cc(OC)c1OC. The fourth-order valence-corrected chi connectivity index (χ4v) is 1.77. The number of hydrogen-bond donors (Lipinski definition) is 1. The van der Waals surface area contributed by atoms with Crippen molar-refractivity contribution in [1.82, 2.24) is 5.48 Å². The fraction of sp³-hybridized carbons (Fsp3) is 0.400. The molecular weight excluding hydrogens is 262 g/mol. The predicted molar refractivity (Wildman–Crippen MR) is 61.1 cm³/mol. The van der Waals surface area contributed by atoms with Crippen molar-refractivity contribution in [3.63, 3.8) is 0 Å². The van der Waals surface area contributed by atoms with E-state index in [0.29, 0.717) is 18.0 Å². The molecule has 0 spiro atoms. The van der Waals surface area contributed by atoms with Gasteiger partial charge in [-0.25, -0.2) is 0 Å². The predicted octanol–water partition coefficient (Wildman–Crippen LogP) is 2.12. The van der Waals surface area contributed by atoms with Gasteiger partial charge in [0, 0.05) is 16.6 Å². The molecule has 0 aromatic heterocycles. The molecule has 1 aromatic rings. The molecule has 0 radical (unpaired) electrons. The lowest BCUT2D eigenvalue weighted by atomic mass is 10.2. The van der Waals surface area contributed by atoms with Gasteiger partial charge >= 0.3 is 0 Å². The van der Waals surface area contributed by atoms with Gasteiger partial charge in [-0.3, -0.25) is 0 Å². The van der Waals surface area contributed by atoms with E-state index in [1.54, 1.807) is 21.3 Å². The Balaban J connectivity index is 3.05. The summed E-state index contributed by atoms with van der Waals surface area (Å²) in [6.45, 7) is 0.551. The number of methoxy groups -OCH3 is 2. The van der Waals surface area contributed by atoms with Crippen LogP contribution >= 0.6 is 15.9 Å². The minimum atomic E-state index is 0.551. The molecule has 0 saturated carbocycles. The molecular formula is C10H14BrNO3. The number of ether oxygens (including phenoxy) is 2. The van der Waals surface area contributed by atoms with Gasteiger partial charge in [0.15, 0.2) is 11.5 Å². The van der Waals surface area contributed by atoms with Crippen molar-refractivity contribution in [2.75, 3.05) is 21.3 Å². The van der Waals surface area contributed by atoms with Crippen molar-refractivity contribution in [2.45, 2.75) is 6.54 Å². The molecule has 84 valence electrons. The van der Waals surface area contributed by atoms with Gasteiger partial charge < -0.3 is 14.3 Å². The monoisotopic (exact) mass is 275 g/mol. The van der Waals surface area contributed by atoms with E-state index in [-0.39, 0.29) is 0 Å². The Bertz CT molecular complexity index is 331. The highest BCUT2D eigenvalue weighted by Crippen LogP contribution is 2.34. The lowest BCUT2D eigenvalue weighted by Gasteiger charge is -2.13. The number of rotatable bonds is 5. The van der Waals surface area contributed by atoms with E-state index in [4.69, 9.17) is 14.3 Å². The smallest absolute Gasteiger partial charge is 0.165 e. The molecule has 0 heterocycles. The first-order valence-electron chi connectivity index (χ1n) is 4.39. The highest BCUT2D eigenvalue weighted by Gasteiger charge is 2.11. The fourth-order valence-electron chi connectivity index (χ4n) is 1.29. The van der Waals surface area contributed by atoms with E-state index in [9.17, 15) is 0 Å². The Labute approximate surface area is 97.6 Å². The van der Waals surface area contributed by atoms with Crippen LogP contribution < -0.4 is 15.0 Å². The third-order valence-corrected chi connectivity index (χ3v) is 2.39. The zero-order valence-corrected chi connectivity index (χ0v) is 10.6. The first-order chi connectivity index (χ1) is 7.22. The van der Waals surface area contributed by atoms with Crippen molar-refractivity contribution >= 4 is 15.9 Å². The van der Waals surface area contributed by atoms with Crippen molar-refractivity contribution in [1.29, 1.82) is 0 Å². The zero-order chi connectivity index (χ0) is 11.3. The quantitative estimate of drug-likeness (QED) is 0.836. The molecule has 15 heavy (non-hydrogen) atoms. The van der Waals surface area contributed by atoms with Crippen molar-refractivity contribution in [3.8, 4) is 11.5 Å². The highest BCUT2D eigenvalue weighted by molar-refractivity contribution is 9.10. The van der Waals surface area contributed by atoms with Crippen LogP contribution in [0.4, 0.5) is 0 Å². The molecule has 0 aliphatic rings. The number of halogens is 1. The number of benzene rings is 1. The number of hydrogen-bond acceptors (Lipinski definition) is 4. The Morgan fingerprint density at radius 1 is 1.20 bits per heavy atom. The van der Waals surface area contributed by atoms with Crippen molar-refractivity contribution < 1.29 is 14.3 Å². The molecule has 0 amide bonds. The van der Waals surface area contributed by atoms with Gasteiger partial charge in [0.1, 0.15) is 0 Å². The molecule has 4 nitrogen and oxygen atoms in total. The van der Waals surface area contributed by atoms with Crippen LogP contribution in [0.15, 0.2) is 16.6 Å². The molecule has 0 aliphatic carbocycles. The molecule has 0 unspecified atom stereocenters. The zero-order valence-electron chi connectivity index (χ0n) is 8.96. The summed E-state index contributed by atoms with van der Waals surface area (Å²) in [7, 11) is 4.79. The Morgan fingerprint density at radius 2 is 1.93 bits per heavy atom. The summed E-state index contributed by atoms with van der Waals surface area (Å²) in [6, 6.07) is 3.81. The van der Waals surface area contributed by atoms with Crippen LogP contribution in [0.25, 0.3) is 0 Å². The van der Waals surface area contributed by atoms with Crippen LogP contribution in [-0.2, 0) is 11.4 Å². The number of nitrogens with one attached hydrogen (secondary N) is 1. The van der Waals surface area contributed by atoms with Gasteiger partial charge in [0.25, 0.3) is 0 Å². The highest BCUT2D eigenvalue weighted by atomic mass is 79.9. The maximum Gasteiger partial charge on any atom is 0.165 e. The second-order valence-electron chi connectivity index (χ2n) is 2.83. The second-order valence-corrected chi connectivity index (χ2v) is 3.74. The maximum absolute atomic E-state index is 5.28. The van der Waals surface area contributed by atoms with E-state index >= 15 is 0 Å². The molecule has 0 atom stereocenters. The average molecular weight is 276 g/mol. The van der Waals surface area contributed by atoms with Crippen molar-refractivity contribution in [2.24, 2.45) is 0 Å². The van der Waals surface area contributed by atoms with Crippen molar-refractivity contribution in [3.05, 3.63) is 22.2 Å². The summed E-state index contributed by atoms with van der Waals surface area (Å²) in [4.78, 5) is 4.80. The van der Waals surface area contributed by atoms with E-state index in [0.717, 1.165) is 10.0 Å². The topological polar surface area (TPSA) is 39.7 Å². The standard InChI is InChI=1S/C10H14BrNO3/c1-13-9-5-8(11)4-7(6-12-15-3)10(9)14-2/h4-5,12H,6H2,1-3H3. The summed E-state index contributed by atoms with van der Waals surface area (Å²) in [6.07, 6.45) is 0. The van der Waals surface area contributed by atoms with E-state index in [1.165, 1.54) is 0 Å². The maximum atomic E-state index is 5.28. The third kappa shape index (κ3) is 3.09. The average Bonchev–Trinajstić information content (AvgIpc) is 2.25. The molecule has 5 heteroatoms. The minimum Gasteiger partial charge on any atom is -0.493 e. The Kier molecular flexibility index (Phi) is 4.87. The molecule has 1 aromatic carbocycles. The van der Waals surface area contributed by atoms with Crippen LogP contribution in [-0.4, -0.2) is 21.3 Å². The van der Waals surface area contributed by atoms with Gasteiger partial charge in [-0.05, 0) is 12.1 Å². The summed E-state index contributed by atoms with van der Waals surface area (Å²) < 4.78 is 11.4. The molecule has 1 N–H and O–H groups in total. The van der Waals surface area contributed by atoms with Gasteiger partial charge in [0.05, 0.1) is 21.3 Å². The summed E-state index contributed by atoms with van der Waals surface area (Å²) in [5, 5.41) is 0. The molecule has 1 rings (SSSR count). The van der Waals surface area contributed by atoms with E-state index in [1.807, 2.05) is 12.1 Å². The first kappa shape index (κ1) is 12.3. The summed E-state index contributed by atoms with van der Waals surface area (Å²) in [5.74, 6) is 1.41. The lowest BCUT2D eigenvalue weighted by Crippen LogP contribution is -2.12. The van der Waals surface area contributed by atoms with Crippen LogP contribution in [0.3, 0.4) is 0 Å². The van der Waals surface area contributed by atoms with Gasteiger partial charge in [0.2, 0.25) is 0 Å². The minimum absolute atomic E-state index is 0.551. The third-order valence-electron chi connectivity index (χ3n) is 1.93. The van der Waals surface area contributed by atoms with Crippen LogP contribution in [0.5, 0.6) is 11.5 Å². The Morgan fingerprint density at radius 3 is 2.47 bits per heavy atom. The van der Waals surface area contributed by atoms with Gasteiger partial charge in [-0.2, -0.15) is 5.48 Å². The summed E-state index contributed by atoms with van der Waals surface area (Å²) in [5.41, 5.74) is 3.72.